The molecule has 9 heteroatoms. The maximum Gasteiger partial charge on any atom is 0.214 e. The van der Waals surface area contributed by atoms with Crippen LogP contribution in [0.1, 0.15) is 47.3 Å². The van der Waals surface area contributed by atoms with E-state index in [0.717, 1.165) is 68.4 Å². The Bertz CT molecular complexity index is 1570. The highest BCUT2D eigenvalue weighted by Crippen LogP contribution is 2.30. The van der Waals surface area contributed by atoms with Crippen molar-refractivity contribution in [3.63, 3.8) is 0 Å². The van der Waals surface area contributed by atoms with Crippen LogP contribution in [-0.2, 0) is 30.9 Å². The predicted octanol–water partition coefficient (Wildman–Crippen LogP) is 5.72. The van der Waals surface area contributed by atoms with Crippen molar-refractivity contribution in [2.45, 2.75) is 52.0 Å². The molecule has 0 radical (unpaired) electrons. The lowest BCUT2D eigenvalue weighted by molar-refractivity contribution is -0.0591. The molecule has 0 N–H and O–H groups in total. The number of imidazole rings is 1. The molecule has 200 valence electrons. The van der Waals surface area contributed by atoms with Crippen LogP contribution < -0.4 is 4.74 Å². The first kappa shape index (κ1) is 25.7. The Hall–Kier alpha value is -3.58. The Morgan fingerprint density at radius 1 is 1.23 bits per heavy atom. The molecule has 0 saturated carbocycles. The summed E-state index contributed by atoms with van der Waals surface area (Å²) >= 11 is 1.79. The molecule has 39 heavy (non-hydrogen) atoms. The number of hydrogen-bond acceptors (Lipinski definition) is 7. The number of nitriles is 1. The van der Waals surface area contributed by atoms with Gasteiger partial charge in [-0.1, -0.05) is 25.1 Å². The molecule has 7 nitrogen and oxygen atoms in total. The van der Waals surface area contributed by atoms with Gasteiger partial charge in [0.25, 0.3) is 0 Å². The number of nitrogens with zero attached hydrogens (tertiary/aromatic N) is 5. The van der Waals surface area contributed by atoms with Gasteiger partial charge in [0.05, 0.1) is 42.0 Å². The fraction of sp³-hybridized carbons (Fsp3) is 0.367. The second-order valence-electron chi connectivity index (χ2n) is 9.96. The number of benzene rings is 1. The van der Waals surface area contributed by atoms with Crippen LogP contribution in [0.3, 0.4) is 0 Å². The molecule has 4 aromatic rings. The van der Waals surface area contributed by atoms with Crippen LogP contribution in [0.25, 0.3) is 15.9 Å². The minimum absolute atomic E-state index is 0.0521. The molecule has 2 aliphatic heterocycles. The average Bonchev–Trinajstić information content (AvgIpc) is 3.48. The first-order chi connectivity index (χ1) is 19.1. The molecule has 3 aromatic heterocycles. The Kier molecular flexibility index (Phi) is 7.42. The minimum Gasteiger partial charge on any atom is -0.473 e. The third-order valence-electron chi connectivity index (χ3n) is 7.37. The normalized spacial score (nSPS) is 17.6. The number of aryl methyl sites for hydroxylation is 1. The molecular weight excluding hydrogens is 513 g/mol. The molecule has 0 amide bonds. The Morgan fingerprint density at radius 3 is 2.85 bits per heavy atom. The number of halogens is 1. The van der Waals surface area contributed by atoms with Gasteiger partial charge in [0.15, 0.2) is 0 Å². The lowest BCUT2D eigenvalue weighted by Gasteiger charge is -2.29. The molecule has 1 aromatic carbocycles. The zero-order valence-electron chi connectivity index (χ0n) is 21.9. The molecule has 0 bridgehead atoms. The summed E-state index contributed by atoms with van der Waals surface area (Å²) in [5, 5.41) is 8.92. The molecule has 6 rings (SSSR count). The van der Waals surface area contributed by atoms with Crippen LogP contribution in [0, 0.1) is 17.1 Å². The number of pyridine rings is 1. The van der Waals surface area contributed by atoms with Gasteiger partial charge in [-0.05, 0) is 49.1 Å². The van der Waals surface area contributed by atoms with E-state index in [1.54, 1.807) is 29.5 Å². The Labute approximate surface area is 231 Å². The van der Waals surface area contributed by atoms with Gasteiger partial charge in [-0.3, -0.25) is 4.90 Å². The molecule has 1 fully saturated rings. The topological polar surface area (TPSA) is 76.2 Å². The van der Waals surface area contributed by atoms with Crippen LogP contribution in [0.4, 0.5) is 4.39 Å². The summed E-state index contributed by atoms with van der Waals surface area (Å²) in [5.74, 6) is 1.10. The second-order valence-corrected chi connectivity index (χ2v) is 11.1. The summed E-state index contributed by atoms with van der Waals surface area (Å²) in [5.41, 5.74) is 3.97. The average molecular weight is 544 g/mol. The van der Waals surface area contributed by atoms with Crippen LogP contribution >= 0.6 is 11.3 Å². The fourth-order valence-corrected chi connectivity index (χ4v) is 5.98. The highest BCUT2D eigenvalue weighted by atomic mass is 32.1. The van der Waals surface area contributed by atoms with Gasteiger partial charge in [0.1, 0.15) is 23.1 Å². The third-order valence-corrected chi connectivity index (χ3v) is 8.54. The minimum atomic E-state index is -0.452. The number of ether oxygens (including phenoxy) is 2. The van der Waals surface area contributed by atoms with Crippen LogP contribution in [0.5, 0.6) is 5.88 Å². The highest BCUT2D eigenvalue weighted by Gasteiger charge is 2.24. The summed E-state index contributed by atoms with van der Waals surface area (Å²) < 4.78 is 28.1. The van der Waals surface area contributed by atoms with Gasteiger partial charge in [-0.25, -0.2) is 14.4 Å². The van der Waals surface area contributed by atoms with Crippen molar-refractivity contribution in [2.24, 2.45) is 0 Å². The van der Waals surface area contributed by atoms with E-state index < -0.39 is 5.82 Å². The van der Waals surface area contributed by atoms with E-state index >= 15 is 0 Å². The maximum absolute atomic E-state index is 14.2. The number of thiophene rings is 1. The van der Waals surface area contributed by atoms with Gasteiger partial charge in [-0.2, -0.15) is 5.26 Å². The van der Waals surface area contributed by atoms with E-state index in [1.165, 1.54) is 22.0 Å². The lowest BCUT2D eigenvalue weighted by atomic mass is 10.0. The van der Waals surface area contributed by atoms with E-state index in [0.29, 0.717) is 11.4 Å². The summed E-state index contributed by atoms with van der Waals surface area (Å²) in [4.78, 5) is 14.6. The van der Waals surface area contributed by atoms with Crippen molar-refractivity contribution in [3.8, 4) is 11.9 Å². The van der Waals surface area contributed by atoms with E-state index in [9.17, 15) is 4.39 Å². The number of aromatic nitrogens is 3. The van der Waals surface area contributed by atoms with Gasteiger partial charge >= 0.3 is 0 Å². The van der Waals surface area contributed by atoms with E-state index in [1.807, 2.05) is 18.2 Å². The van der Waals surface area contributed by atoms with E-state index in [2.05, 4.69) is 33.5 Å². The lowest BCUT2D eigenvalue weighted by Crippen LogP contribution is -2.33. The Morgan fingerprint density at radius 2 is 2.13 bits per heavy atom. The predicted molar refractivity (Wildman–Crippen MR) is 149 cm³/mol. The molecule has 0 spiro atoms. The third kappa shape index (κ3) is 5.59. The van der Waals surface area contributed by atoms with Crippen molar-refractivity contribution in [2.75, 3.05) is 19.7 Å². The number of hydrogen-bond donors (Lipinski definition) is 0. The van der Waals surface area contributed by atoms with Crippen LogP contribution in [0.2, 0.25) is 0 Å². The van der Waals surface area contributed by atoms with Gasteiger partial charge < -0.3 is 14.0 Å². The SMILES string of the molecule is CCc1cc2c(nc(CN3CC=C(c4cccc(OCc5ccc(C#N)cc5F)n4)CC3)n2C[C@@H]2CCO2)s1. The van der Waals surface area contributed by atoms with Crippen molar-refractivity contribution in [1.82, 2.24) is 19.4 Å². The summed E-state index contributed by atoms with van der Waals surface area (Å²) in [6.45, 7) is 6.49. The molecular formula is C30H30FN5O2S. The largest absolute Gasteiger partial charge is 0.473 e. The monoisotopic (exact) mass is 543 g/mol. The van der Waals surface area contributed by atoms with E-state index in [4.69, 9.17) is 19.7 Å². The second kappa shape index (κ2) is 11.3. The molecule has 0 unspecified atom stereocenters. The fourth-order valence-electron chi connectivity index (χ4n) is 4.99. The van der Waals surface area contributed by atoms with Gasteiger partial charge in [-0.15, -0.1) is 11.3 Å². The first-order valence-electron chi connectivity index (χ1n) is 13.4. The highest BCUT2D eigenvalue weighted by molar-refractivity contribution is 7.18. The van der Waals surface area contributed by atoms with E-state index in [-0.39, 0.29) is 18.3 Å². The van der Waals surface area contributed by atoms with Crippen molar-refractivity contribution in [1.29, 1.82) is 5.26 Å². The molecule has 1 saturated heterocycles. The molecule has 0 aliphatic carbocycles. The summed E-state index contributed by atoms with van der Waals surface area (Å²) in [6.07, 6.45) is 5.53. The first-order valence-corrected chi connectivity index (χ1v) is 14.2. The van der Waals surface area contributed by atoms with Crippen molar-refractivity contribution < 1.29 is 13.9 Å². The molecule has 1 atom stereocenters. The summed E-state index contributed by atoms with van der Waals surface area (Å²) in [7, 11) is 0. The zero-order chi connectivity index (χ0) is 26.8. The standard InChI is InChI=1S/C30H30FN5O2S/c1-2-24-15-27-30(39-24)34-28(36(27)17-23-10-13-37-23)18-35-11-8-21(9-12-35)26-4-3-5-29(33-26)38-19-22-7-6-20(16-32)14-25(22)31/h3-8,14-15,23H,2,9-13,17-19H2,1H3/t23-/m0/s1. The maximum atomic E-state index is 14.2. The zero-order valence-corrected chi connectivity index (χ0v) is 22.7. The smallest absolute Gasteiger partial charge is 0.214 e. The van der Waals surface area contributed by atoms with Crippen molar-refractivity contribution >= 4 is 27.3 Å². The summed E-state index contributed by atoms with van der Waals surface area (Å²) in [6, 6.07) is 14.3. The van der Waals surface area contributed by atoms with Crippen molar-refractivity contribution in [3.05, 3.63) is 81.9 Å². The number of fused-ring (bicyclic) bond motifs is 1. The molecule has 2 aliphatic rings. The number of rotatable bonds is 9. The van der Waals surface area contributed by atoms with Crippen LogP contribution in [-0.4, -0.2) is 45.2 Å². The Balaban J connectivity index is 1.11. The van der Waals surface area contributed by atoms with Gasteiger partial charge in [0.2, 0.25) is 5.88 Å². The van der Waals surface area contributed by atoms with Crippen LogP contribution in [0.15, 0.2) is 48.5 Å². The quantitative estimate of drug-likeness (QED) is 0.269. The molecule has 5 heterocycles. The van der Waals surface area contributed by atoms with Gasteiger partial charge in [0, 0.05) is 36.2 Å².